The summed E-state index contributed by atoms with van der Waals surface area (Å²) >= 11 is 0. The number of aromatic nitrogens is 2. The highest BCUT2D eigenvalue weighted by Crippen LogP contribution is 2.57. The molecule has 0 saturated carbocycles. The van der Waals surface area contributed by atoms with Crippen LogP contribution in [-0.4, -0.2) is 81.1 Å². The predicted molar refractivity (Wildman–Crippen MR) is 158 cm³/mol. The lowest BCUT2D eigenvalue weighted by molar-refractivity contribution is -0.148. The first-order valence-electron chi connectivity index (χ1n) is 14.5. The van der Waals surface area contributed by atoms with Gasteiger partial charge in [-0.1, -0.05) is 18.2 Å². The first kappa shape index (κ1) is 29.8. The van der Waals surface area contributed by atoms with E-state index in [1.165, 1.54) is 4.57 Å². The molecule has 3 heterocycles. The molecule has 1 aromatic carbocycles. The van der Waals surface area contributed by atoms with Crippen molar-refractivity contribution in [2.45, 2.75) is 90.5 Å². The second-order valence-corrected chi connectivity index (χ2v) is 12.5. The maximum absolute atomic E-state index is 13.4. The monoisotopic (exact) mass is 585 g/mol. The van der Waals surface area contributed by atoms with Crippen LogP contribution in [0.4, 0.5) is 5.82 Å². The van der Waals surface area contributed by atoms with E-state index in [1.54, 1.807) is 37.4 Å². The van der Waals surface area contributed by atoms with Gasteiger partial charge in [0.25, 0.3) is 14.4 Å². The van der Waals surface area contributed by atoms with Crippen LogP contribution in [0.5, 0.6) is 0 Å². The number of rotatable bonds is 11. The molecule has 2 aliphatic rings. The zero-order valence-corrected chi connectivity index (χ0v) is 25.7. The third-order valence-corrected chi connectivity index (χ3v) is 9.86. The molecule has 2 fully saturated rings. The molecule has 1 N–H and O–H groups in total. The van der Waals surface area contributed by atoms with Crippen molar-refractivity contribution in [3.8, 4) is 0 Å². The number of fused-ring (bicyclic) bond motifs is 2. The average molecular weight is 586 g/mol. The minimum Gasteiger partial charge on any atom is -0.345 e. The largest absolute Gasteiger partial charge is 0.351 e. The molecule has 6 atom stereocenters. The molecule has 1 unspecified atom stereocenters. The number of likely N-dealkylation sites (tertiary alicyclic amines) is 1. The Balaban J connectivity index is 1.67. The van der Waals surface area contributed by atoms with Crippen LogP contribution < -0.4 is 11.0 Å². The van der Waals surface area contributed by atoms with Crippen LogP contribution in [0, 0.1) is 13.5 Å². The Bertz CT molecular complexity index is 1350. The lowest BCUT2D eigenvalue weighted by Crippen LogP contribution is -2.50. The van der Waals surface area contributed by atoms with Gasteiger partial charge in [0.15, 0.2) is 6.23 Å². The standard InChI is InChI=1S/C29H41N6O5P/c1-18(2)35(19(3)4)41(38-16-15-30-8)40-24-23-27(39-29(24,7)21(6)33(23)9)34-17-20(5)25(32-28(34)37)31-26(36)22-13-11-10-12-14-22/h10-14,17-19,21,23-24,27H,15-16H2,1-7,9H3,(H,31,32,36,37)/t21-,23-,24+,27-,29+,41?/m1/s1/i7D. The number of morpholine rings is 1. The molecule has 12 heteroatoms. The fraction of sp³-hybridized carbons (Fsp3) is 0.586. The van der Waals surface area contributed by atoms with Crippen LogP contribution in [0.25, 0.3) is 4.85 Å². The second kappa shape index (κ2) is 12.7. The summed E-state index contributed by atoms with van der Waals surface area (Å²) in [6, 6.07) is 8.36. The Labute approximate surface area is 245 Å². The summed E-state index contributed by atoms with van der Waals surface area (Å²) in [6.07, 6.45) is 0.285. The summed E-state index contributed by atoms with van der Waals surface area (Å²) in [6.45, 7) is 19.6. The Morgan fingerprint density at radius 2 is 2.00 bits per heavy atom. The fourth-order valence-corrected chi connectivity index (χ4v) is 7.35. The number of hydrogen-bond acceptors (Lipinski definition) is 8. The van der Waals surface area contributed by atoms with Crippen molar-refractivity contribution in [2.24, 2.45) is 0 Å². The third kappa shape index (κ3) is 6.09. The molecule has 2 saturated heterocycles. The normalized spacial score (nSPS) is 26.9. The van der Waals surface area contributed by atoms with Crippen molar-refractivity contribution in [3.63, 3.8) is 0 Å². The molecule has 1 amide bonds. The van der Waals surface area contributed by atoms with Crippen molar-refractivity contribution in [1.29, 1.82) is 0 Å². The minimum absolute atomic E-state index is 0.0862. The number of hydrogen-bond donors (Lipinski definition) is 1. The Hall–Kier alpha value is -2.71. The van der Waals surface area contributed by atoms with Crippen LogP contribution in [0.15, 0.2) is 41.3 Å². The van der Waals surface area contributed by atoms with Crippen molar-refractivity contribution >= 4 is 20.3 Å². The summed E-state index contributed by atoms with van der Waals surface area (Å²) in [5.74, 6) is -0.180. The second-order valence-electron chi connectivity index (χ2n) is 11.1. The van der Waals surface area contributed by atoms with Gasteiger partial charge in [-0.15, -0.1) is 0 Å². The maximum Gasteiger partial charge on any atom is 0.351 e. The van der Waals surface area contributed by atoms with Crippen LogP contribution >= 0.6 is 8.53 Å². The van der Waals surface area contributed by atoms with E-state index in [2.05, 4.69) is 52.4 Å². The molecule has 0 aliphatic carbocycles. The molecule has 2 bridgehead atoms. The van der Waals surface area contributed by atoms with E-state index >= 15 is 0 Å². The van der Waals surface area contributed by atoms with Gasteiger partial charge in [0.05, 0.1) is 6.04 Å². The number of carbonyl (C=O) groups is 1. The number of carbonyl (C=O) groups excluding carboxylic acids is 1. The molecule has 0 radical (unpaired) electrons. The van der Waals surface area contributed by atoms with Gasteiger partial charge in [-0.2, -0.15) is 4.98 Å². The number of ether oxygens (including phenoxy) is 1. The van der Waals surface area contributed by atoms with Crippen LogP contribution in [0.2, 0.25) is 0 Å². The van der Waals surface area contributed by atoms with Crippen LogP contribution in [0.1, 0.15) is 65.0 Å². The molecule has 41 heavy (non-hydrogen) atoms. The van der Waals surface area contributed by atoms with Gasteiger partial charge < -0.3 is 23.9 Å². The lowest BCUT2D eigenvalue weighted by Gasteiger charge is -2.39. The SMILES string of the molecule is [2H]C[C@@]12O[C@@H](n3cc(C)c(NC(=O)c4ccccc4)nc3=O)[C@@H]([C@@H]1OP(OCC[N+]#[C-])N(C(C)C)C(C)C)N(C)[C@@H]2C. The van der Waals surface area contributed by atoms with E-state index in [-0.39, 0.29) is 49.9 Å². The van der Waals surface area contributed by atoms with E-state index < -0.39 is 38.2 Å². The van der Waals surface area contributed by atoms with Crippen LogP contribution in [-0.2, 0) is 13.8 Å². The molecular weight excluding hydrogens is 543 g/mol. The number of benzene rings is 1. The van der Waals surface area contributed by atoms with Gasteiger partial charge in [0, 0.05) is 36.8 Å². The van der Waals surface area contributed by atoms with E-state index in [0.717, 1.165) is 0 Å². The van der Waals surface area contributed by atoms with Crippen molar-refractivity contribution in [3.05, 3.63) is 69.6 Å². The Kier molecular flexibility index (Phi) is 9.19. The Morgan fingerprint density at radius 3 is 2.61 bits per heavy atom. The van der Waals surface area contributed by atoms with E-state index in [4.69, 9.17) is 21.7 Å². The fourth-order valence-electron chi connectivity index (χ4n) is 5.56. The number of nitrogens with one attached hydrogen (secondary N) is 1. The molecule has 11 nitrogen and oxygen atoms in total. The predicted octanol–water partition coefficient (Wildman–Crippen LogP) is 4.46. The van der Waals surface area contributed by atoms with Crippen molar-refractivity contribution < 1.29 is 19.9 Å². The highest BCUT2D eigenvalue weighted by molar-refractivity contribution is 7.44. The smallest absolute Gasteiger partial charge is 0.345 e. The van der Waals surface area contributed by atoms with Gasteiger partial charge >= 0.3 is 5.69 Å². The average Bonchev–Trinajstić information content (AvgIpc) is 3.37. The lowest BCUT2D eigenvalue weighted by atomic mass is 9.96. The highest BCUT2D eigenvalue weighted by atomic mass is 31.2. The van der Waals surface area contributed by atoms with Gasteiger partial charge in [-0.25, -0.2) is 16.0 Å². The zero-order valence-electron chi connectivity index (χ0n) is 25.8. The molecule has 0 spiro atoms. The summed E-state index contributed by atoms with van der Waals surface area (Å²) in [5.41, 5.74) is -0.558. The Morgan fingerprint density at radius 1 is 1.32 bits per heavy atom. The summed E-state index contributed by atoms with van der Waals surface area (Å²) < 4.78 is 31.7. The van der Waals surface area contributed by atoms with Gasteiger partial charge in [0.2, 0.25) is 6.54 Å². The molecule has 2 aliphatic heterocycles. The van der Waals surface area contributed by atoms with Gasteiger partial charge in [-0.3, -0.25) is 14.3 Å². The summed E-state index contributed by atoms with van der Waals surface area (Å²) in [5, 5.41) is 2.74. The first-order valence-corrected chi connectivity index (χ1v) is 15.0. The number of aryl methyl sites for hydroxylation is 1. The molecule has 222 valence electrons. The molecular formula is C29H41N6O5P. The first-order chi connectivity index (χ1) is 20.0. The quantitative estimate of drug-likeness (QED) is 0.234. The van der Waals surface area contributed by atoms with E-state index in [9.17, 15) is 9.59 Å². The minimum atomic E-state index is -1.60. The molecule has 1 aromatic heterocycles. The van der Waals surface area contributed by atoms with E-state index in [0.29, 0.717) is 11.1 Å². The summed E-state index contributed by atoms with van der Waals surface area (Å²) in [4.78, 5) is 35.8. The summed E-state index contributed by atoms with van der Waals surface area (Å²) in [7, 11) is 0.343. The topological polar surface area (TPSA) is 103 Å². The third-order valence-electron chi connectivity index (χ3n) is 7.74. The van der Waals surface area contributed by atoms with Gasteiger partial charge in [0.1, 0.15) is 24.1 Å². The zero-order chi connectivity index (χ0) is 30.8. The van der Waals surface area contributed by atoms with Crippen LogP contribution in [0.3, 0.4) is 0 Å². The number of nitrogens with zero attached hydrogens (tertiary/aromatic N) is 5. The molecule has 4 rings (SSSR count). The molecule has 2 aromatic rings. The maximum atomic E-state index is 13.4. The van der Waals surface area contributed by atoms with Gasteiger partial charge in [-0.05, 0) is 67.6 Å². The number of likely N-dealkylation sites (N-methyl/N-ethyl adjacent to an activating group) is 1. The van der Waals surface area contributed by atoms with Crippen molar-refractivity contribution in [2.75, 3.05) is 25.5 Å². The number of amides is 1. The van der Waals surface area contributed by atoms with E-state index in [1.807, 2.05) is 20.0 Å². The number of anilines is 1. The highest BCUT2D eigenvalue weighted by Gasteiger charge is 2.66. The van der Waals surface area contributed by atoms with Crippen molar-refractivity contribution in [1.82, 2.24) is 19.1 Å².